The number of phenolic OH excluding ortho intramolecular Hbond substituents is 1. The van der Waals surface area contributed by atoms with Crippen molar-refractivity contribution in [3.8, 4) is 11.5 Å². The molecule has 15 heavy (non-hydrogen) atoms. The maximum absolute atomic E-state index is 13.5. The zero-order valence-electron chi connectivity index (χ0n) is 8.30. The van der Waals surface area contributed by atoms with Crippen LogP contribution in [0.15, 0.2) is 10.5 Å². The van der Waals surface area contributed by atoms with Gasteiger partial charge < -0.3 is 9.84 Å². The van der Waals surface area contributed by atoms with Crippen LogP contribution in [0.5, 0.6) is 11.5 Å². The number of hydrogen-bond acceptors (Lipinski definition) is 3. The molecule has 0 amide bonds. The van der Waals surface area contributed by atoms with Gasteiger partial charge in [0.2, 0.25) is 0 Å². The quantitative estimate of drug-likeness (QED) is 0.923. The minimum absolute atomic E-state index is 0.0475. The van der Waals surface area contributed by atoms with Crippen LogP contribution in [0.3, 0.4) is 0 Å². The average Bonchev–Trinajstić information content (AvgIpc) is 2.18. The van der Waals surface area contributed by atoms with Gasteiger partial charge in [-0.25, -0.2) is 4.39 Å². The van der Waals surface area contributed by atoms with Gasteiger partial charge in [-0.2, -0.15) is 0 Å². The highest BCUT2D eigenvalue weighted by Crippen LogP contribution is 2.36. The Hall–Kier alpha value is -1.10. The van der Waals surface area contributed by atoms with Gasteiger partial charge in [0.05, 0.1) is 11.6 Å². The second-order valence-electron chi connectivity index (χ2n) is 3.08. The third kappa shape index (κ3) is 2.47. The van der Waals surface area contributed by atoms with Crippen molar-refractivity contribution in [2.75, 3.05) is 7.11 Å². The fraction of sp³-hybridized carbons (Fsp3) is 0.300. The molecule has 0 atom stereocenters. The van der Waals surface area contributed by atoms with Crippen LogP contribution < -0.4 is 4.74 Å². The number of carbonyl (C=O) groups excluding carboxylic acids is 1. The first-order valence-corrected chi connectivity index (χ1v) is 5.00. The smallest absolute Gasteiger partial charge is 0.164 e. The second kappa shape index (κ2) is 4.61. The third-order valence-corrected chi connectivity index (χ3v) is 2.47. The third-order valence-electron chi connectivity index (χ3n) is 1.90. The van der Waals surface area contributed by atoms with Crippen molar-refractivity contribution in [2.24, 2.45) is 0 Å². The lowest BCUT2D eigenvalue weighted by Gasteiger charge is -2.10. The molecule has 82 valence electrons. The maximum Gasteiger partial charge on any atom is 0.164 e. The largest absolute Gasteiger partial charge is 0.504 e. The molecule has 0 unspecified atom stereocenters. The van der Waals surface area contributed by atoms with Crippen LogP contribution in [0.4, 0.5) is 4.39 Å². The Morgan fingerprint density at radius 3 is 2.73 bits per heavy atom. The van der Waals surface area contributed by atoms with Gasteiger partial charge >= 0.3 is 0 Å². The van der Waals surface area contributed by atoms with E-state index in [1.165, 1.54) is 20.1 Å². The maximum atomic E-state index is 13.5. The fourth-order valence-electron chi connectivity index (χ4n) is 1.21. The summed E-state index contributed by atoms with van der Waals surface area (Å²) in [6.07, 6.45) is -0.159. The number of carbonyl (C=O) groups is 1. The predicted molar refractivity (Wildman–Crippen MR) is 56.7 cm³/mol. The highest BCUT2D eigenvalue weighted by Gasteiger charge is 2.18. The lowest BCUT2D eigenvalue weighted by Crippen LogP contribution is -2.02. The van der Waals surface area contributed by atoms with Gasteiger partial charge in [-0.05, 0) is 22.9 Å². The Balaban J connectivity index is 3.33. The van der Waals surface area contributed by atoms with Crippen molar-refractivity contribution in [1.82, 2.24) is 0 Å². The Kier molecular flexibility index (Phi) is 3.68. The first-order chi connectivity index (χ1) is 6.97. The fourth-order valence-corrected chi connectivity index (χ4v) is 1.66. The van der Waals surface area contributed by atoms with Gasteiger partial charge in [-0.3, -0.25) is 4.79 Å². The Morgan fingerprint density at radius 2 is 2.27 bits per heavy atom. The van der Waals surface area contributed by atoms with Crippen molar-refractivity contribution in [3.63, 3.8) is 0 Å². The molecule has 0 spiro atoms. The number of phenols is 1. The highest BCUT2D eigenvalue weighted by molar-refractivity contribution is 9.10. The van der Waals surface area contributed by atoms with E-state index in [-0.39, 0.29) is 33.7 Å². The summed E-state index contributed by atoms with van der Waals surface area (Å²) >= 11 is 2.98. The molecule has 0 heterocycles. The average molecular weight is 277 g/mol. The minimum atomic E-state index is -0.636. The van der Waals surface area contributed by atoms with E-state index < -0.39 is 5.82 Å². The number of Topliss-reactive ketones (excluding diaryl/α,β-unsaturated/α-hetero) is 1. The summed E-state index contributed by atoms with van der Waals surface area (Å²) in [6.45, 7) is 1.33. The summed E-state index contributed by atoms with van der Waals surface area (Å²) < 4.78 is 18.5. The van der Waals surface area contributed by atoms with Gasteiger partial charge in [0.15, 0.2) is 11.5 Å². The van der Waals surface area contributed by atoms with Gasteiger partial charge in [-0.15, -0.1) is 0 Å². The molecule has 1 rings (SSSR count). The van der Waals surface area contributed by atoms with Gasteiger partial charge in [0, 0.05) is 18.1 Å². The monoisotopic (exact) mass is 276 g/mol. The zero-order chi connectivity index (χ0) is 11.6. The molecule has 1 N–H and O–H groups in total. The molecule has 3 nitrogen and oxygen atoms in total. The lowest BCUT2D eigenvalue weighted by molar-refractivity contribution is -0.116. The van der Waals surface area contributed by atoms with E-state index in [9.17, 15) is 14.3 Å². The van der Waals surface area contributed by atoms with Crippen molar-refractivity contribution in [3.05, 3.63) is 21.9 Å². The number of ketones is 1. The van der Waals surface area contributed by atoms with E-state index >= 15 is 0 Å². The number of halogens is 2. The van der Waals surface area contributed by atoms with E-state index in [0.717, 1.165) is 0 Å². The number of benzene rings is 1. The predicted octanol–water partition coefficient (Wildman–Crippen LogP) is 2.43. The number of methoxy groups -OCH3 is 1. The zero-order valence-corrected chi connectivity index (χ0v) is 9.89. The molecule has 0 aliphatic rings. The van der Waals surface area contributed by atoms with E-state index in [2.05, 4.69) is 15.9 Å². The van der Waals surface area contributed by atoms with Crippen LogP contribution in [-0.4, -0.2) is 18.0 Å². The van der Waals surface area contributed by atoms with E-state index in [1.807, 2.05) is 0 Å². The molecular formula is C10H10BrFO3. The summed E-state index contributed by atoms with van der Waals surface area (Å²) in [4.78, 5) is 10.9. The van der Waals surface area contributed by atoms with Crippen molar-refractivity contribution in [1.29, 1.82) is 0 Å². The Labute approximate surface area is 95.0 Å². The number of ether oxygens (including phenoxy) is 1. The minimum Gasteiger partial charge on any atom is -0.504 e. The summed E-state index contributed by atoms with van der Waals surface area (Å²) in [6, 6.07) is 1.31. The summed E-state index contributed by atoms with van der Waals surface area (Å²) in [7, 11) is 1.36. The summed E-state index contributed by atoms with van der Waals surface area (Å²) in [5, 5.41) is 9.60. The van der Waals surface area contributed by atoms with Crippen LogP contribution in [0.25, 0.3) is 0 Å². The molecule has 0 aliphatic heterocycles. The van der Waals surface area contributed by atoms with Crippen LogP contribution in [0.1, 0.15) is 12.5 Å². The molecule has 0 radical (unpaired) electrons. The molecule has 0 saturated heterocycles. The number of hydrogen-bond donors (Lipinski definition) is 1. The Bertz CT molecular complexity index is 404. The summed E-state index contributed by atoms with van der Waals surface area (Å²) in [5.41, 5.74) is -0.0475. The molecule has 0 fully saturated rings. The molecular weight excluding hydrogens is 267 g/mol. The Morgan fingerprint density at radius 1 is 1.67 bits per heavy atom. The van der Waals surface area contributed by atoms with Gasteiger partial charge in [0.1, 0.15) is 11.6 Å². The first kappa shape index (κ1) is 12.0. The van der Waals surface area contributed by atoms with Crippen molar-refractivity contribution < 1.29 is 19.0 Å². The van der Waals surface area contributed by atoms with Crippen LogP contribution >= 0.6 is 15.9 Å². The van der Waals surface area contributed by atoms with E-state index in [4.69, 9.17) is 4.74 Å². The van der Waals surface area contributed by atoms with Crippen molar-refractivity contribution in [2.45, 2.75) is 13.3 Å². The normalized spacial score (nSPS) is 10.1. The molecule has 0 aliphatic carbocycles. The van der Waals surface area contributed by atoms with E-state index in [1.54, 1.807) is 0 Å². The molecule has 1 aromatic rings. The standard InChI is InChI=1S/C10H10BrFO3/c1-5(13)3-6-9(12)7(11)4-8(15-2)10(6)14/h4,14H,3H2,1-2H3. The van der Waals surface area contributed by atoms with Crippen LogP contribution in [0, 0.1) is 5.82 Å². The van der Waals surface area contributed by atoms with Crippen LogP contribution in [0.2, 0.25) is 0 Å². The molecule has 1 aromatic carbocycles. The highest BCUT2D eigenvalue weighted by atomic mass is 79.9. The SMILES string of the molecule is COc1cc(Br)c(F)c(CC(C)=O)c1O. The van der Waals surface area contributed by atoms with Crippen LogP contribution in [-0.2, 0) is 11.2 Å². The van der Waals surface area contributed by atoms with Crippen molar-refractivity contribution >= 4 is 21.7 Å². The second-order valence-corrected chi connectivity index (χ2v) is 3.93. The molecule has 0 saturated carbocycles. The van der Waals surface area contributed by atoms with Gasteiger partial charge in [-0.1, -0.05) is 0 Å². The number of rotatable bonds is 3. The lowest BCUT2D eigenvalue weighted by atomic mass is 10.1. The first-order valence-electron chi connectivity index (χ1n) is 4.20. The topological polar surface area (TPSA) is 46.5 Å². The summed E-state index contributed by atoms with van der Waals surface area (Å²) in [5.74, 6) is -1.05. The van der Waals surface area contributed by atoms with Gasteiger partial charge in [0.25, 0.3) is 0 Å². The molecule has 0 bridgehead atoms. The van der Waals surface area contributed by atoms with E-state index in [0.29, 0.717) is 0 Å². The number of aromatic hydroxyl groups is 1. The molecule has 0 aromatic heterocycles. The molecule has 5 heteroatoms.